The number of rotatable bonds is 4. The highest BCUT2D eigenvalue weighted by Gasteiger charge is 2.48. The molecule has 0 bridgehead atoms. The molecule has 1 fully saturated rings. The highest BCUT2D eigenvalue weighted by molar-refractivity contribution is 6.30. The van der Waals surface area contributed by atoms with Crippen molar-refractivity contribution in [2.24, 2.45) is 11.8 Å². The molecular weight excluding hydrogens is 273 g/mol. The zero-order valence-corrected chi connectivity index (χ0v) is 10.9. The van der Waals surface area contributed by atoms with Crippen LogP contribution in [0.3, 0.4) is 0 Å². The van der Waals surface area contributed by atoms with Crippen LogP contribution in [-0.2, 0) is 9.59 Å². The third-order valence-electron chi connectivity index (χ3n) is 3.25. The molecule has 1 amide bonds. The molecule has 19 heavy (non-hydrogen) atoms. The number of amides is 1. The van der Waals surface area contributed by atoms with Gasteiger partial charge < -0.3 is 10.4 Å². The van der Waals surface area contributed by atoms with E-state index in [-0.39, 0.29) is 17.0 Å². The summed E-state index contributed by atoms with van der Waals surface area (Å²) < 4.78 is 13.0. The lowest BCUT2D eigenvalue weighted by molar-refractivity contribution is -0.140. The third-order valence-corrected chi connectivity index (χ3v) is 3.54. The molecule has 0 saturated heterocycles. The molecule has 1 aromatic carbocycles. The van der Waals surface area contributed by atoms with Gasteiger partial charge in [0.05, 0.1) is 22.9 Å². The Balaban J connectivity index is 1.97. The van der Waals surface area contributed by atoms with Crippen LogP contribution >= 0.6 is 11.6 Å². The summed E-state index contributed by atoms with van der Waals surface area (Å²) in [5.74, 6) is -2.80. The Bertz CT molecular complexity index is 535. The number of benzene rings is 1. The minimum absolute atomic E-state index is 0.00608. The Kier molecular flexibility index (Phi) is 3.75. The van der Waals surface area contributed by atoms with E-state index >= 15 is 0 Å². The topological polar surface area (TPSA) is 66.4 Å². The summed E-state index contributed by atoms with van der Waals surface area (Å²) in [7, 11) is 0. The van der Waals surface area contributed by atoms with Crippen LogP contribution in [0.25, 0.3) is 0 Å². The number of nitrogens with one attached hydrogen (secondary N) is 1. The molecule has 6 heteroatoms. The SMILES string of the molecule is C[C@H](NC(=O)[C@@H]1C[C@@H]1C(=O)O)c1ccc(F)c(Cl)c1. The Morgan fingerprint density at radius 3 is 2.68 bits per heavy atom. The van der Waals surface area contributed by atoms with E-state index in [0.717, 1.165) is 0 Å². The number of carbonyl (C=O) groups excluding carboxylic acids is 1. The number of carboxylic acids is 1. The van der Waals surface area contributed by atoms with Gasteiger partial charge in [-0.05, 0) is 31.0 Å². The van der Waals surface area contributed by atoms with E-state index in [0.29, 0.717) is 12.0 Å². The average Bonchev–Trinajstić information content (AvgIpc) is 3.12. The van der Waals surface area contributed by atoms with Crippen LogP contribution in [0.2, 0.25) is 5.02 Å². The molecule has 0 heterocycles. The molecule has 1 aromatic rings. The third kappa shape index (κ3) is 3.04. The number of hydrogen-bond donors (Lipinski definition) is 2. The fourth-order valence-corrected chi connectivity index (χ4v) is 2.13. The van der Waals surface area contributed by atoms with E-state index in [4.69, 9.17) is 16.7 Å². The van der Waals surface area contributed by atoms with Crippen molar-refractivity contribution in [3.05, 3.63) is 34.6 Å². The molecule has 0 aromatic heterocycles. The average molecular weight is 286 g/mol. The summed E-state index contributed by atoms with van der Waals surface area (Å²) in [4.78, 5) is 22.4. The van der Waals surface area contributed by atoms with Gasteiger partial charge in [0.15, 0.2) is 0 Å². The minimum atomic E-state index is -0.947. The minimum Gasteiger partial charge on any atom is -0.481 e. The summed E-state index contributed by atoms with van der Waals surface area (Å²) in [5.41, 5.74) is 0.673. The van der Waals surface area contributed by atoms with Gasteiger partial charge in [0.2, 0.25) is 5.91 Å². The number of hydrogen-bond acceptors (Lipinski definition) is 2. The van der Waals surface area contributed by atoms with Crippen LogP contribution < -0.4 is 5.32 Å². The summed E-state index contributed by atoms with van der Waals surface area (Å²) in [6.45, 7) is 1.74. The number of halogens is 2. The lowest BCUT2D eigenvalue weighted by atomic mass is 10.1. The maximum Gasteiger partial charge on any atom is 0.307 e. The molecule has 102 valence electrons. The molecule has 1 aliphatic rings. The molecule has 0 aliphatic heterocycles. The molecule has 1 aliphatic carbocycles. The zero-order chi connectivity index (χ0) is 14.2. The summed E-state index contributed by atoms with van der Waals surface area (Å²) >= 11 is 5.67. The molecular formula is C13H13ClFNO3. The van der Waals surface area contributed by atoms with Gasteiger partial charge in [-0.1, -0.05) is 17.7 Å². The quantitative estimate of drug-likeness (QED) is 0.892. The van der Waals surface area contributed by atoms with Crippen molar-refractivity contribution in [2.75, 3.05) is 0 Å². The van der Waals surface area contributed by atoms with Crippen LogP contribution in [0.15, 0.2) is 18.2 Å². The first-order chi connectivity index (χ1) is 8.90. The Labute approximate surface area is 114 Å². The Morgan fingerprint density at radius 1 is 1.47 bits per heavy atom. The van der Waals surface area contributed by atoms with Gasteiger partial charge in [0.1, 0.15) is 5.82 Å². The normalized spacial score (nSPS) is 22.7. The molecule has 4 nitrogen and oxygen atoms in total. The maximum absolute atomic E-state index is 13.0. The van der Waals surface area contributed by atoms with Crippen molar-refractivity contribution in [1.29, 1.82) is 0 Å². The van der Waals surface area contributed by atoms with Crippen molar-refractivity contribution in [2.45, 2.75) is 19.4 Å². The second kappa shape index (κ2) is 5.17. The van der Waals surface area contributed by atoms with Crippen LogP contribution in [0.1, 0.15) is 24.9 Å². The highest BCUT2D eigenvalue weighted by atomic mass is 35.5. The first-order valence-electron chi connectivity index (χ1n) is 5.88. The zero-order valence-electron chi connectivity index (χ0n) is 10.2. The van der Waals surface area contributed by atoms with Gasteiger partial charge in [-0.3, -0.25) is 9.59 Å². The van der Waals surface area contributed by atoms with E-state index in [9.17, 15) is 14.0 Å². The van der Waals surface area contributed by atoms with Crippen molar-refractivity contribution in [3.8, 4) is 0 Å². The summed E-state index contributed by atoms with van der Waals surface area (Å²) in [5, 5.41) is 11.5. The van der Waals surface area contributed by atoms with Crippen molar-refractivity contribution in [3.63, 3.8) is 0 Å². The first kappa shape index (κ1) is 13.8. The number of carbonyl (C=O) groups is 2. The van der Waals surface area contributed by atoms with E-state index in [2.05, 4.69) is 5.32 Å². The van der Waals surface area contributed by atoms with Crippen LogP contribution in [0.5, 0.6) is 0 Å². The highest BCUT2D eigenvalue weighted by Crippen LogP contribution is 2.39. The van der Waals surface area contributed by atoms with Crippen LogP contribution in [-0.4, -0.2) is 17.0 Å². The molecule has 0 radical (unpaired) electrons. The fraction of sp³-hybridized carbons (Fsp3) is 0.385. The molecule has 3 atom stereocenters. The smallest absolute Gasteiger partial charge is 0.307 e. The van der Waals surface area contributed by atoms with Crippen molar-refractivity contribution < 1.29 is 19.1 Å². The van der Waals surface area contributed by atoms with E-state index in [1.165, 1.54) is 18.2 Å². The van der Waals surface area contributed by atoms with Gasteiger partial charge in [-0.15, -0.1) is 0 Å². The fourth-order valence-electron chi connectivity index (χ4n) is 1.94. The van der Waals surface area contributed by atoms with Gasteiger partial charge >= 0.3 is 5.97 Å². The standard InChI is InChI=1S/C13H13ClFNO3/c1-6(7-2-3-11(15)10(14)4-7)16-12(17)8-5-9(8)13(18)19/h2-4,6,8-9H,5H2,1H3,(H,16,17)(H,18,19)/t6-,8+,9-/m0/s1. The second-order valence-corrected chi connectivity index (χ2v) is 5.10. The number of aliphatic carboxylic acids is 1. The van der Waals surface area contributed by atoms with Gasteiger partial charge in [0.25, 0.3) is 0 Å². The molecule has 2 rings (SSSR count). The van der Waals surface area contributed by atoms with Crippen molar-refractivity contribution >= 4 is 23.5 Å². The van der Waals surface area contributed by atoms with Crippen LogP contribution in [0.4, 0.5) is 4.39 Å². The van der Waals surface area contributed by atoms with Crippen molar-refractivity contribution in [1.82, 2.24) is 5.32 Å². The lowest BCUT2D eigenvalue weighted by Gasteiger charge is -2.14. The second-order valence-electron chi connectivity index (χ2n) is 4.69. The summed E-state index contributed by atoms with van der Waals surface area (Å²) in [6.07, 6.45) is 0.373. The van der Waals surface area contributed by atoms with E-state index < -0.39 is 23.6 Å². The summed E-state index contributed by atoms with van der Waals surface area (Å²) in [6, 6.07) is 3.87. The largest absolute Gasteiger partial charge is 0.481 e. The molecule has 1 saturated carbocycles. The Hall–Kier alpha value is -1.62. The monoisotopic (exact) mass is 285 g/mol. The number of carboxylic acid groups (broad SMARTS) is 1. The Morgan fingerprint density at radius 2 is 2.16 bits per heavy atom. The van der Waals surface area contributed by atoms with Gasteiger partial charge in [-0.2, -0.15) is 0 Å². The lowest BCUT2D eigenvalue weighted by Crippen LogP contribution is -2.29. The van der Waals surface area contributed by atoms with Gasteiger partial charge in [0, 0.05) is 0 Å². The van der Waals surface area contributed by atoms with Crippen LogP contribution in [0, 0.1) is 17.7 Å². The molecule has 2 N–H and O–H groups in total. The molecule has 0 unspecified atom stereocenters. The van der Waals surface area contributed by atoms with Gasteiger partial charge in [-0.25, -0.2) is 4.39 Å². The van der Waals surface area contributed by atoms with E-state index in [1.807, 2.05) is 0 Å². The first-order valence-corrected chi connectivity index (χ1v) is 6.26. The molecule has 0 spiro atoms. The van der Waals surface area contributed by atoms with E-state index in [1.54, 1.807) is 6.92 Å². The predicted octanol–water partition coefficient (Wildman–Crippen LogP) is 2.38. The predicted molar refractivity (Wildman–Crippen MR) is 67.2 cm³/mol. The maximum atomic E-state index is 13.0.